The van der Waals surface area contributed by atoms with Crippen molar-refractivity contribution in [3.63, 3.8) is 0 Å². The third kappa shape index (κ3) is 2.02. The van der Waals surface area contributed by atoms with E-state index in [-0.39, 0.29) is 5.41 Å². The van der Waals surface area contributed by atoms with Crippen LogP contribution in [0.4, 0.5) is 0 Å². The first kappa shape index (κ1) is 11.3. The monoisotopic (exact) mass is 230 g/mol. The predicted octanol–water partition coefficient (Wildman–Crippen LogP) is 2.01. The van der Waals surface area contributed by atoms with Gasteiger partial charge in [0, 0.05) is 12.5 Å². The Bertz CT molecular complexity index is 244. The Labute approximate surface area is 94.6 Å². The summed E-state index contributed by atoms with van der Waals surface area (Å²) >= 11 is 1.96. The van der Waals surface area contributed by atoms with Crippen molar-refractivity contribution in [2.24, 2.45) is 11.3 Å². The zero-order valence-electron chi connectivity index (χ0n) is 9.07. The molecule has 0 aromatic rings. The maximum atomic E-state index is 11.1. The van der Waals surface area contributed by atoms with Gasteiger partial charge in [-0.15, -0.1) is 0 Å². The number of carboxylic acids is 1. The second-order valence-corrected chi connectivity index (χ2v) is 5.75. The molecule has 1 saturated heterocycles. The first-order valence-corrected chi connectivity index (χ1v) is 6.69. The van der Waals surface area contributed by atoms with Crippen molar-refractivity contribution in [3.8, 4) is 0 Å². The van der Waals surface area contributed by atoms with E-state index in [1.165, 1.54) is 25.7 Å². The zero-order valence-corrected chi connectivity index (χ0v) is 9.89. The van der Waals surface area contributed by atoms with Gasteiger partial charge < -0.3 is 9.84 Å². The lowest BCUT2D eigenvalue weighted by atomic mass is 9.82. The van der Waals surface area contributed by atoms with Crippen molar-refractivity contribution in [3.05, 3.63) is 0 Å². The smallest absolute Gasteiger partial charge is 0.333 e. The number of methoxy groups -OCH3 is 1. The van der Waals surface area contributed by atoms with E-state index in [4.69, 9.17) is 9.84 Å². The number of hydrogen-bond acceptors (Lipinski definition) is 3. The second kappa shape index (κ2) is 4.34. The van der Waals surface area contributed by atoms with Crippen LogP contribution in [0.15, 0.2) is 0 Å². The minimum absolute atomic E-state index is 0.0337. The molecule has 0 bridgehead atoms. The Balaban J connectivity index is 2.07. The lowest BCUT2D eigenvalue weighted by Gasteiger charge is -2.33. The fourth-order valence-corrected chi connectivity index (χ4v) is 4.12. The topological polar surface area (TPSA) is 46.5 Å². The molecule has 1 aliphatic carbocycles. The Morgan fingerprint density at radius 3 is 2.73 bits per heavy atom. The van der Waals surface area contributed by atoms with Crippen LogP contribution in [0.3, 0.4) is 0 Å². The van der Waals surface area contributed by atoms with Gasteiger partial charge in [-0.3, -0.25) is 0 Å². The first-order valence-electron chi connectivity index (χ1n) is 5.54. The van der Waals surface area contributed by atoms with Gasteiger partial charge in [0.25, 0.3) is 0 Å². The van der Waals surface area contributed by atoms with E-state index in [1.54, 1.807) is 0 Å². The number of rotatable bonds is 4. The lowest BCUT2D eigenvalue weighted by Crippen LogP contribution is -2.39. The Morgan fingerprint density at radius 1 is 1.60 bits per heavy atom. The number of hydrogen-bond donors (Lipinski definition) is 1. The third-order valence-corrected chi connectivity index (χ3v) is 5.00. The molecule has 2 rings (SSSR count). The molecule has 4 heteroatoms. The number of ether oxygens (including phenoxy) is 1. The maximum absolute atomic E-state index is 11.1. The van der Waals surface area contributed by atoms with Gasteiger partial charge in [0.1, 0.15) is 0 Å². The van der Waals surface area contributed by atoms with Gasteiger partial charge in [0.05, 0.1) is 0 Å². The van der Waals surface area contributed by atoms with Gasteiger partial charge in [-0.05, 0) is 43.1 Å². The van der Waals surface area contributed by atoms with E-state index in [2.05, 4.69) is 0 Å². The molecule has 15 heavy (non-hydrogen) atoms. The van der Waals surface area contributed by atoms with E-state index >= 15 is 0 Å². The SMILES string of the molecule is COC(C(=O)O)C1(C2CCCSC2)CC1. The van der Waals surface area contributed by atoms with Gasteiger partial charge in [0.2, 0.25) is 0 Å². The summed E-state index contributed by atoms with van der Waals surface area (Å²) in [4.78, 5) is 11.1. The van der Waals surface area contributed by atoms with Crippen LogP contribution < -0.4 is 0 Å². The highest BCUT2D eigenvalue weighted by molar-refractivity contribution is 7.99. The third-order valence-electron chi connectivity index (χ3n) is 3.78. The quantitative estimate of drug-likeness (QED) is 0.802. The van der Waals surface area contributed by atoms with E-state index in [0.29, 0.717) is 5.92 Å². The molecule has 1 N–H and O–H groups in total. The summed E-state index contributed by atoms with van der Waals surface area (Å²) in [6.45, 7) is 0. The van der Waals surface area contributed by atoms with Crippen molar-refractivity contribution in [1.29, 1.82) is 0 Å². The highest BCUT2D eigenvalue weighted by Crippen LogP contribution is 2.58. The molecule has 2 fully saturated rings. The summed E-state index contributed by atoms with van der Waals surface area (Å²) < 4.78 is 5.18. The van der Waals surface area contributed by atoms with Gasteiger partial charge in [-0.2, -0.15) is 11.8 Å². The van der Waals surface area contributed by atoms with Gasteiger partial charge in [0.15, 0.2) is 6.10 Å². The van der Waals surface area contributed by atoms with Crippen molar-refractivity contribution in [2.45, 2.75) is 31.8 Å². The van der Waals surface area contributed by atoms with Crippen LogP contribution in [0, 0.1) is 11.3 Å². The molecule has 0 amide bonds. The molecule has 1 aliphatic heterocycles. The van der Waals surface area contributed by atoms with Crippen LogP contribution in [0.25, 0.3) is 0 Å². The average molecular weight is 230 g/mol. The van der Waals surface area contributed by atoms with E-state index < -0.39 is 12.1 Å². The maximum Gasteiger partial charge on any atom is 0.333 e. The number of thioether (sulfide) groups is 1. The summed E-state index contributed by atoms with van der Waals surface area (Å²) in [5.41, 5.74) is -0.0337. The summed E-state index contributed by atoms with van der Waals surface area (Å²) in [7, 11) is 1.52. The molecule has 1 heterocycles. The number of carbonyl (C=O) groups is 1. The Morgan fingerprint density at radius 2 is 2.33 bits per heavy atom. The fourth-order valence-electron chi connectivity index (χ4n) is 2.80. The van der Waals surface area contributed by atoms with Gasteiger partial charge in [-0.1, -0.05) is 0 Å². The van der Waals surface area contributed by atoms with Crippen molar-refractivity contribution >= 4 is 17.7 Å². The normalized spacial score (nSPS) is 30.9. The average Bonchev–Trinajstić information content (AvgIpc) is 3.01. The van der Waals surface area contributed by atoms with Crippen molar-refractivity contribution in [1.82, 2.24) is 0 Å². The molecule has 2 atom stereocenters. The summed E-state index contributed by atoms with van der Waals surface area (Å²) in [6.07, 6.45) is 3.89. The molecule has 2 unspecified atom stereocenters. The standard InChI is InChI=1S/C11H18O3S/c1-14-9(10(12)13)11(4-5-11)8-3-2-6-15-7-8/h8-9H,2-7H2,1H3,(H,12,13). The van der Waals surface area contributed by atoms with Crippen LogP contribution in [-0.4, -0.2) is 35.8 Å². The van der Waals surface area contributed by atoms with Crippen LogP contribution >= 0.6 is 11.8 Å². The Hall–Kier alpha value is -0.220. The molecule has 0 aromatic carbocycles. The molecule has 0 radical (unpaired) electrons. The molecule has 3 nitrogen and oxygen atoms in total. The second-order valence-electron chi connectivity index (χ2n) is 4.60. The summed E-state index contributed by atoms with van der Waals surface area (Å²) in [6, 6.07) is 0. The minimum atomic E-state index is -0.787. The minimum Gasteiger partial charge on any atom is -0.479 e. The van der Waals surface area contributed by atoms with Gasteiger partial charge >= 0.3 is 5.97 Å². The zero-order chi connectivity index (χ0) is 10.9. The van der Waals surface area contributed by atoms with Crippen LogP contribution in [0.1, 0.15) is 25.7 Å². The van der Waals surface area contributed by atoms with Crippen molar-refractivity contribution in [2.75, 3.05) is 18.6 Å². The molecular formula is C11H18O3S. The summed E-state index contributed by atoms with van der Waals surface area (Å²) in [5, 5.41) is 9.15. The highest BCUT2D eigenvalue weighted by atomic mass is 32.2. The van der Waals surface area contributed by atoms with Crippen LogP contribution in [-0.2, 0) is 9.53 Å². The summed E-state index contributed by atoms with van der Waals surface area (Å²) in [5.74, 6) is 2.12. The van der Waals surface area contributed by atoms with Gasteiger partial charge in [-0.25, -0.2) is 4.79 Å². The van der Waals surface area contributed by atoms with Crippen LogP contribution in [0.5, 0.6) is 0 Å². The van der Waals surface area contributed by atoms with Crippen LogP contribution in [0.2, 0.25) is 0 Å². The molecule has 1 saturated carbocycles. The number of aliphatic carboxylic acids is 1. The fraction of sp³-hybridized carbons (Fsp3) is 0.909. The highest BCUT2D eigenvalue weighted by Gasteiger charge is 2.57. The Kier molecular flexibility index (Phi) is 3.26. The van der Waals surface area contributed by atoms with E-state index in [9.17, 15) is 4.79 Å². The molecular weight excluding hydrogens is 212 g/mol. The largest absolute Gasteiger partial charge is 0.479 e. The van der Waals surface area contributed by atoms with E-state index in [1.807, 2.05) is 11.8 Å². The molecule has 86 valence electrons. The van der Waals surface area contributed by atoms with Crippen molar-refractivity contribution < 1.29 is 14.6 Å². The van der Waals surface area contributed by atoms with E-state index in [0.717, 1.165) is 18.6 Å². The number of carboxylic acid groups (broad SMARTS) is 1. The molecule has 0 aromatic heterocycles. The predicted molar refractivity (Wildman–Crippen MR) is 60.1 cm³/mol. The molecule has 2 aliphatic rings. The lowest BCUT2D eigenvalue weighted by molar-refractivity contribution is -0.154. The first-order chi connectivity index (χ1) is 7.20. The molecule has 0 spiro atoms.